The first-order chi connectivity index (χ1) is 25.6. The lowest BCUT2D eigenvalue weighted by molar-refractivity contribution is -0.130. The van der Waals surface area contributed by atoms with E-state index in [1.54, 1.807) is 30.2 Å². The Kier molecular flexibility index (Phi) is 10.8. The average Bonchev–Trinajstić information content (AvgIpc) is 3.79. The number of benzene rings is 2. The molecule has 0 radical (unpaired) electrons. The standard InChI is InChI=1S/C39H42Cl2N8O4/c1-23(50)48-16-14-26(15-17-48)43-21-34-46-49-22-25(18-33(49)39(52)47(34)2)28-6-4-7-29(36(28)40)30-8-5-9-31(37(30)41)32-12-10-24(38(45-32)53-3)19-42-20-27-11-13-35(51)44-27/h4-10,12,18,22,26-27,42-43H,11,13-17,19-21H2,1-3H3,(H,44,51)/t27-/m1/s1. The molecule has 5 heterocycles. The van der Waals surface area contributed by atoms with Gasteiger partial charge in [-0.3, -0.25) is 19.0 Å². The van der Waals surface area contributed by atoms with Crippen LogP contribution in [0.15, 0.2) is 65.6 Å². The molecule has 53 heavy (non-hydrogen) atoms. The van der Waals surface area contributed by atoms with E-state index in [-0.39, 0.29) is 29.5 Å². The summed E-state index contributed by atoms with van der Waals surface area (Å²) in [5.74, 6) is 1.29. The number of nitrogens with zero attached hydrogens (tertiary/aromatic N) is 5. The van der Waals surface area contributed by atoms with Gasteiger partial charge in [-0.25, -0.2) is 9.50 Å². The van der Waals surface area contributed by atoms with E-state index in [9.17, 15) is 14.4 Å². The molecule has 0 aliphatic carbocycles. The van der Waals surface area contributed by atoms with Crippen LogP contribution in [0.4, 0.5) is 0 Å². The van der Waals surface area contributed by atoms with Crippen LogP contribution < -0.4 is 26.2 Å². The van der Waals surface area contributed by atoms with Crippen LogP contribution in [-0.4, -0.2) is 74.7 Å². The number of nitrogens with one attached hydrogen (secondary N) is 3. The quantitative estimate of drug-likeness (QED) is 0.167. The Balaban J connectivity index is 1.11. The highest BCUT2D eigenvalue weighted by atomic mass is 35.5. The van der Waals surface area contributed by atoms with E-state index in [1.165, 1.54) is 0 Å². The van der Waals surface area contributed by atoms with Gasteiger partial charge in [0.05, 0.1) is 29.4 Å². The maximum absolute atomic E-state index is 13.5. The van der Waals surface area contributed by atoms with Crippen molar-refractivity contribution in [3.05, 3.63) is 92.6 Å². The number of amides is 2. The fourth-order valence-corrected chi connectivity index (χ4v) is 7.81. The summed E-state index contributed by atoms with van der Waals surface area (Å²) in [6, 6.07) is 17.6. The fraction of sp³-hybridized carbons (Fsp3) is 0.359. The first kappa shape index (κ1) is 36.6. The van der Waals surface area contributed by atoms with Gasteiger partial charge in [0, 0.05) is 98.2 Å². The lowest BCUT2D eigenvalue weighted by Gasteiger charge is -2.31. The molecule has 2 aliphatic rings. The zero-order valence-electron chi connectivity index (χ0n) is 29.9. The van der Waals surface area contributed by atoms with Crippen molar-refractivity contribution in [2.75, 3.05) is 26.7 Å². The van der Waals surface area contributed by atoms with Crippen molar-refractivity contribution in [3.63, 3.8) is 0 Å². The molecule has 14 heteroatoms. The number of ether oxygens (including phenoxy) is 1. The predicted molar refractivity (Wildman–Crippen MR) is 206 cm³/mol. The second kappa shape index (κ2) is 15.7. The van der Waals surface area contributed by atoms with Gasteiger partial charge in [-0.2, -0.15) is 5.10 Å². The number of fused-ring (bicyclic) bond motifs is 1. The Hall–Kier alpha value is -4.75. The Morgan fingerprint density at radius 2 is 1.66 bits per heavy atom. The molecule has 3 N–H and O–H groups in total. The number of pyridine rings is 1. The number of hydrogen-bond acceptors (Lipinski definition) is 8. The van der Waals surface area contributed by atoms with E-state index >= 15 is 0 Å². The normalized spacial score (nSPS) is 16.4. The average molecular weight is 758 g/mol. The minimum absolute atomic E-state index is 0.0916. The predicted octanol–water partition coefficient (Wildman–Crippen LogP) is 5.21. The molecule has 7 rings (SSSR count). The zero-order chi connectivity index (χ0) is 37.2. The second-order valence-corrected chi connectivity index (χ2v) is 14.4. The molecule has 2 aromatic carbocycles. The summed E-state index contributed by atoms with van der Waals surface area (Å²) in [4.78, 5) is 43.4. The van der Waals surface area contributed by atoms with Gasteiger partial charge in [-0.1, -0.05) is 65.7 Å². The molecule has 0 bridgehead atoms. The highest BCUT2D eigenvalue weighted by molar-refractivity contribution is 6.39. The third kappa shape index (κ3) is 7.68. The van der Waals surface area contributed by atoms with E-state index in [4.69, 9.17) is 38.0 Å². The van der Waals surface area contributed by atoms with E-state index in [0.29, 0.717) is 59.0 Å². The Morgan fingerprint density at radius 3 is 2.34 bits per heavy atom. The first-order valence-electron chi connectivity index (χ1n) is 17.8. The molecular weight excluding hydrogens is 715 g/mol. The van der Waals surface area contributed by atoms with Gasteiger partial charge in [-0.05, 0) is 31.4 Å². The molecular formula is C39H42Cl2N8O4. The maximum atomic E-state index is 13.5. The van der Waals surface area contributed by atoms with Crippen molar-refractivity contribution in [2.45, 2.75) is 57.8 Å². The van der Waals surface area contributed by atoms with Gasteiger partial charge in [0.2, 0.25) is 17.7 Å². The number of halogens is 2. The Morgan fingerprint density at radius 1 is 0.962 bits per heavy atom. The van der Waals surface area contributed by atoms with Gasteiger partial charge >= 0.3 is 0 Å². The largest absolute Gasteiger partial charge is 0.481 e. The molecule has 2 amide bonds. The van der Waals surface area contributed by atoms with Crippen LogP contribution in [0.25, 0.3) is 39.0 Å². The molecule has 0 unspecified atom stereocenters. The second-order valence-electron chi connectivity index (χ2n) is 13.6. The summed E-state index contributed by atoms with van der Waals surface area (Å²) in [6.45, 7) is 4.67. The lowest BCUT2D eigenvalue weighted by atomic mass is 9.97. The van der Waals surface area contributed by atoms with Crippen LogP contribution in [0.5, 0.6) is 5.88 Å². The number of aromatic nitrogens is 4. The van der Waals surface area contributed by atoms with Gasteiger partial charge in [0.1, 0.15) is 11.3 Å². The smallest absolute Gasteiger partial charge is 0.277 e. The molecule has 12 nitrogen and oxygen atoms in total. The van der Waals surface area contributed by atoms with Gasteiger partial charge in [-0.15, -0.1) is 0 Å². The topological polar surface area (TPSA) is 135 Å². The lowest BCUT2D eigenvalue weighted by Crippen LogP contribution is -2.44. The van der Waals surface area contributed by atoms with Crippen molar-refractivity contribution in [3.8, 4) is 39.4 Å². The summed E-state index contributed by atoms with van der Waals surface area (Å²) in [5.41, 5.74) is 5.51. The van der Waals surface area contributed by atoms with Gasteiger partial charge in [0.15, 0.2) is 0 Å². The van der Waals surface area contributed by atoms with Crippen molar-refractivity contribution >= 4 is 40.5 Å². The summed E-state index contributed by atoms with van der Waals surface area (Å²) < 4.78 is 8.85. The third-order valence-corrected chi connectivity index (χ3v) is 11.0. The number of carbonyl (C=O) groups excluding carboxylic acids is 2. The van der Waals surface area contributed by atoms with Crippen molar-refractivity contribution in [1.29, 1.82) is 0 Å². The highest BCUT2D eigenvalue weighted by Crippen LogP contribution is 2.42. The van der Waals surface area contributed by atoms with Gasteiger partial charge in [0.25, 0.3) is 5.56 Å². The molecule has 2 fully saturated rings. The van der Waals surface area contributed by atoms with E-state index in [1.807, 2.05) is 65.7 Å². The summed E-state index contributed by atoms with van der Waals surface area (Å²) in [6.07, 6.45) is 4.92. The monoisotopic (exact) mass is 756 g/mol. The van der Waals surface area contributed by atoms with Crippen LogP contribution in [0.1, 0.15) is 44.0 Å². The minimum atomic E-state index is -0.162. The van der Waals surface area contributed by atoms with E-state index in [2.05, 4.69) is 16.0 Å². The molecule has 0 saturated carbocycles. The molecule has 2 saturated heterocycles. The van der Waals surface area contributed by atoms with Gasteiger partial charge < -0.3 is 25.6 Å². The molecule has 2 aliphatic heterocycles. The number of methoxy groups -OCH3 is 1. The fourth-order valence-electron chi connectivity index (χ4n) is 7.15. The Labute approximate surface area is 317 Å². The maximum Gasteiger partial charge on any atom is 0.277 e. The number of hydrogen-bond donors (Lipinski definition) is 3. The SMILES string of the molecule is COc1nc(-c2cccc(-c3cccc(-c4cc5c(=O)n(C)c(CNC6CCN(C(C)=O)CC6)nn5c4)c3Cl)c2Cl)ccc1CNC[C@H]1CCC(=O)N1. The third-order valence-electron chi connectivity index (χ3n) is 10.2. The number of likely N-dealkylation sites (tertiary alicyclic amines) is 1. The van der Waals surface area contributed by atoms with E-state index < -0.39 is 0 Å². The minimum Gasteiger partial charge on any atom is -0.481 e. The van der Waals surface area contributed by atoms with Crippen LogP contribution in [0.2, 0.25) is 10.0 Å². The highest BCUT2D eigenvalue weighted by Gasteiger charge is 2.23. The number of rotatable bonds is 11. The van der Waals surface area contributed by atoms with Crippen LogP contribution in [-0.2, 0) is 29.7 Å². The summed E-state index contributed by atoms with van der Waals surface area (Å²) >= 11 is 14.3. The van der Waals surface area contributed by atoms with Crippen molar-refractivity contribution in [1.82, 2.24) is 40.0 Å². The molecule has 276 valence electrons. The molecule has 0 spiro atoms. The van der Waals surface area contributed by atoms with Crippen molar-refractivity contribution in [2.24, 2.45) is 7.05 Å². The number of piperidine rings is 1. The first-order valence-corrected chi connectivity index (χ1v) is 18.6. The summed E-state index contributed by atoms with van der Waals surface area (Å²) in [5, 5.41) is 15.7. The van der Waals surface area contributed by atoms with Crippen molar-refractivity contribution < 1.29 is 14.3 Å². The molecule has 1 atom stereocenters. The zero-order valence-corrected chi connectivity index (χ0v) is 31.4. The van der Waals surface area contributed by atoms with Crippen LogP contribution in [0, 0.1) is 0 Å². The van der Waals surface area contributed by atoms with Crippen LogP contribution >= 0.6 is 23.2 Å². The van der Waals surface area contributed by atoms with E-state index in [0.717, 1.165) is 65.7 Å². The number of carbonyl (C=O) groups is 2. The molecule has 3 aromatic heterocycles. The Bertz CT molecular complexity index is 2250. The van der Waals surface area contributed by atoms with Crippen LogP contribution in [0.3, 0.4) is 0 Å². The summed E-state index contributed by atoms with van der Waals surface area (Å²) in [7, 11) is 3.32. The molecule has 5 aromatic rings.